The molecule has 1 aliphatic rings. The lowest BCUT2D eigenvalue weighted by atomic mass is 10.4. The third-order valence-electron chi connectivity index (χ3n) is 1.98. The molecule has 1 saturated carbocycles. The fraction of sp³-hybridized carbons (Fsp3) is 0.889. The SMILES string of the molecule is CCCNCCNC(=O)C1CC1. The van der Waals surface area contributed by atoms with Crippen molar-refractivity contribution in [2.24, 2.45) is 5.92 Å². The Morgan fingerprint density at radius 2 is 2.08 bits per heavy atom. The van der Waals surface area contributed by atoms with Gasteiger partial charge in [-0.3, -0.25) is 4.79 Å². The molecule has 0 spiro atoms. The summed E-state index contributed by atoms with van der Waals surface area (Å²) in [7, 11) is 0. The third kappa shape index (κ3) is 3.72. The Balaban J connectivity index is 1.84. The van der Waals surface area contributed by atoms with E-state index in [1.165, 1.54) is 0 Å². The summed E-state index contributed by atoms with van der Waals surface area (Å²) in [6.45, 7) is 4.84. The van der Waals surface area contributed by atoms with Crippen molar-refractivity contribution in [3.8, 4) is 0 Å². The van der Waals surface area contributed by atoms with Gasteiger partial charge in [0, 0.05) is 19.0 Å². The summed E-state index contributed by atoms with van der Waals surface area (Å²) in [4.78, 5) is 11.1. The molecule has 0 saturated heterocycles. The minimum Gasteiger partial charge on any atom is -0.355 e. The van der Waals surface area contributed by atoms with Crippen LogP contribution >= 0.6 is 0 Å². The van der Waals surface area contributed by atoms with Crippen molar-refractivity contribution < 1.29 is 4.79 Å². The molecule has 12 heavy (non-hydrogen) atoms. The lowest BCUT2D eigenvalue weighted by molar-refractivity contribution is -0.122. The third-order valence-corrected chi connectivity index (χ3v) is 1.98. The molecule has 1 rings (SSSR count). The Labute approximate surface area is 73.9 Å². The number of amides is 1. The maximum Gasteiger partial charge on any atom is 0.223 e. The molecule has 0 bridgehead atoms. The van der Waals surface area contributed by atoms with Crippen LogP contribution in [0, 0.1) is 5.92 Å². The van der Waals surface area contributed by atoms with Gasteiger partial charge in [-0.1, -0.05) is 6.92 Å². The molecule has 1 aliphatic carbocycles. The summed E-state index contributed by atoms with van der Waals surface area (Å²) in [5.41, 5.74) is 0. The highest BCUT2D eigenvalue weighted by atomic mass is 16.2. The van der Waals surface area contributed by atoms with Gasteiger partial charge in [0.2, 0.25) is 5.91 Å². The van der Waals surface area contributed by atoms with Gasteiger partial charge in [-0.05, 0) is 25.8 Å². The standard InChI is InChI=1S/C9H18N2O/c1-2-5-10-6-7-11-9(12)8-3-4-8/h8,10H,2-7H2,1H3,(H,11,12). The van der Waals surface area contributed by atoms with Crippen molar-refractivity contribution in [3.63, 3.8) is 0 Å². The summed E-state index contributed by atoms with van der Waals surface area (Å²) in [6.07, 6.45) is 3.33. The molecule has 1 fully saturated rings. The highest BCUT2D eigenvalue weighted by molar-refractivity contribution is 5.80. The van der Waals surface area contributed by atoms with Gasteiger partial charge in [0.05, 0.1) is 0 Å². The van der Waals surface area contributed by atoms with E-state index in [-0.39, 0.29) is 5.91 Å². The van der Waals surface area contributed by atoms with E-state index in [1.807, 2.05) is 0 Å². The zero-order chi connectivity index (χ0) is 8.81. The van der Waals surface area contributed by atoms with Crippen LogP contribution in [0.15, 0.2) is 0 Å². The number of hydrogen-bond donors (Lipinski definition) is 2. The van der Waals surface area contributed by atoms with Gasteiger partial charge < -0.3 is 10.6 Å². The minimum atomic E-state index is 0.244. The summed E-state index contributed by atoms with van der Waals surface area (Å²) in [6, 6.07) is 0. The molecule has 0 heterocycles. The van der Waals surface area contributed by atoms with Gasteiger partial charge in [0.15, 0.2) is 0 Å². The van der Waals surface area contributed by atoms with Crippen molar-refractivity contribution in [1.29, 1.82) is 0 Å². The number of nitrogens with one attached hydrogen (secondary N) is 2. The van der Waals surface area contributed by atoms with Crippen LogP contribution in [0.5, 0.6) is 0 Å². The molecular weight excluding hydrogens is 152 g/mol. The van der Waals surface area contributed by atoms with Crippen molar-refractivity contribution in [3.05, 3.63) is 0 Å². The number of hydrogen-bond acceptors (Lipinski definition) is 2. The van der Waals surface area contributed by atoms with E-state index >= 15 is 0 Å². The molecule has 3 nitrogen and oxygen atoms in total. The molecule has 0 aromatic heterocycles. The molecule has 70 valence electrons. The Bertz CT molecular complexity index is 143. The fourth-order valence-corrected chi connectivity index (χ4v) is 1.07. The smallest absolute Gasteiger partial charge is 0.223 e. The first-order valence-electron chi connectivity index (χ1n) is 4.83. The Kier molecular flexibility index (Phi) is 4.08. The minimum absolute atomic E-state index is 0.244. The molecule has 0 radical (unpaired) electrons. The molecule has 2 N–H and O–H groups in total. The van der Waals surface area contributed by atoms with Crippen molar-refractivity contribution >= 4 is 5.91 Å². The van der Waals surface area contributed by atoms with Crippen molar-refractivity contribution in [2.45, 2.75) is 26.2 Å². The van der Waals surface area contributed by atoms with Crippen LogP contribution in [-0.4, -0.2) is 25.5 Å². The quantitative estimate of drug-likeness (QED) is 0.570. The lowest BCUT2D eigenvalue weighted by Crippen LogP contribution is -2.32. The maximum absolute atomic E-state index is 11.1. The predicted molar refractivity (Wildman–Crippen MR) is 48.9 cm³/mol. The Morgan fingerprint density at radius 1 is 1.33 bits per heavy atom. The van der Waals surface area contributed by atoms with Gasteiger partial charge in [0.25, 0.3) is 0 Å². The van der Waals surface area contributed by atoms with Gasteiger partial charge in [-0.15, -0.1) is 0 Å². The van der Waals surface area contributed by atoms with E-state index in [4.69, 9.17) is 0 Å². The van der Waals surface area contributed by atoms with Gasteiger partial charge in [-0.2, -0.15) is 0 Å². The van der Waals surface area contributed by atoms with Crippen LogP contribution in [0.1, 0.15) is 26.2 Å². The molecule has 0 unspecified atom stereocenters. The van der Waals surface area contributed by atoms with Gasteiger partial charge in [-0.25, -0.2) is 0 Å². The van der Waals surface area contributed by atoms with Gasteiger partial charge in [0.1, 0.15) is 0 Å². The Morgan fingerprint density at radius 3 is 2.67 bits per heavy atom. The first kappa shape index (κ1) is 9.52. The second-order valence-corrected chi connectivity index (χ2v) is 3.32. The molecule has 1 amide bonds. The average Bonchev–Trinajstić information content (AvgIpc) is 2.86. The molecule has 0 atom stereocenters. The van der Waals surface area contributed by atoms with E-state index in [9.17, 15) is 4.79 Å². The normalized spacial score (nSPS) is 16.1. The van der Waals surface area contributed by atoms with Crippen LogP contribution in [-0.2, 0) is 4.79 Å². The summed E-state index contributed by atoms with van der Waals surface area (Å²) in [5.74, 6) is 0.587. The van der Waals surface area contributed by atoms with Crippen molar-refractivity contribution in [1.82, 2.24) is 10.6 Å². The molecule has 0 aromatic rings. The van der Waals surface area contributed by atoms with Crippen molar-refractivity contribution in [2.75, 3.05) is 19.6 Å². The fourth-order valence-electron chi connectivity index (χ4n) is 1.07. The second kappa shape index (κ2) is 5.14. The molecule has 0 aromatic carbocycles. The highest BCUT2D eigenvalue weighted by Crippen LogP contribution is 2.28. The van der Waals surface area contributed by atoms with Crippen LogP contribution in [0.3, 0.4) is 0 Å². The number of rotatable bonds is 6. The Hall–Kier alpha value is -0.570. The zero-order valence-electron chi connectivity index (χ0n) is 7.73. The van der Waals surface area contributed by atoms with Gasteiger partial charge >= 0.3 is 0 Å². The van der Waals surface area contributed by atoms with E-state index < -0.39 is 0 Å². The van der Waals surface area contributed by atoms with E-state index in [1.54, 1.807) is 0 Å². The van der Waals surface area contributed by atoms with Crippen LogP contribution in [0.2, 0.25) is 0 Å². The topological polar surface area (TPSA) is 41.1 Å². The summed E-state index contributed by atoms with van der Waals surface area (Å²) in [5, 5.41) is 6.14. The zero-order valence-corrected chi connectivity index (χ0v) is 7.73. The van der Waals surface area contributed by atoms with Crippen LogP contribution in [0.4, 0.5) is 0 Å². The molecule has 0 aliphatic heterocycles. The lowest BCUT2D eigenvalue weighted by Gasteiger charge is -2.04. The van der Waals surface area contributed by atoms with Crippen LogP contribution < -0.4 is 10.6 Å². The number of carbonyl (C=O) groups is 1. The monoisotopic (exact) mass is 170 g/mol. The number of carbonyl (C=O) groups excluding carboxylic acids is 1. The molecular formula is C9H18N2O. The first-order chi connectivity index (χ1) is 5.84. The summed E-state index contributed by atoms with van der Waals surface area (Å²) >= 11 is 0. The van der Waals surface area contributed by atoms with E-state index in [0.29, 0.717) is 5.92 Å². The summed E-state index contributed by atoms with van der Waals surface area (Å²) < 4.78 is 0. The first-order valence-corrected chi connectivity index (χ1v) is 4.83. The molecule has 3 heteroatoms. The second-order valence-electron chi connectivity index (χ2n) is 3.32. The largest absolute Gasteiger partial charge is 0.355 e. The maximum atomic E-state index is 11.1. The highest BCUT2D eigenvalue weighted by Gasteiger charge is 2.28. The van der Waals surface area contributed by atoms with E-state index in [0.717, 1.165) is 38.9 Å². The average molecular weight is 170 g/mol. The predicted octanol–water partition coefficient (Wildman–Crippen LogP) is 0.512. The van der Waals surface area contributed by atoms with Crippen LogP contribution in [0.25, 0.3) is 0 Å². The van der Waals surface area contributed by atoms with E-state index in [2.05, 4.69) is 17.6 Å².